The number of carbonyl (C=O) groups is 1. The first-order chi connectivity index (χ1) is 9.26. The standard InChI is InChI=1S/C18H20O/c1-3-8-14-9-7-11-16(13-14)18(19)17-12-6-5-10-15(17)4-2/h5-7,9-13H,3-4,8H2,1-2H3. The van der Waals surface area contributed by atoms with Crippen LogP contribution < -0.4 is 0 Å². The molecule has 1 heteroatoms. The van der Waals surface area contributed by atoms with E-state index in [4.69, 9.17) is 0 Å². The lowest BCUT2D eigenvalue weighted by atomic mass is 9.95. The van der Waals surface area contributed by atoms with Crippen LogP contribution in [0.3, 0.4) is 0 Å². The lowest BCUT2D eigenvalue weighted by Gasteiger charge is -2.08. The van der Waals surface area contributed by atoms with Gasteiger partial charge in [-0.2, -0.15) is 0 Å². The highest BCUT2D eigenvalue weighted by Gasteiger charge is 2.12. The van der Waals surface area contributed by atoms with Gasteiger partial charge in [0.05, 0.1) is 0 Å². The van der Waals surface area contributed by atoms with Crippen LogP contribution in [0, 0.1) is 0 Å². The zero-order valence-electron chi connectivity index (χ0n) is 11.6. The van der Waals surface area contributed by atoms with E-state index in [1.165, 1.54) is 5.56 Å². The van der Waals surface area contributed by atoms with E-state index >= 15 is 0 Å². The van der Waals surface area contributed by atoms with Crippen molar-refractivity contribution in [3.05, 3.63) is 70.8 Å². The quantitative estimate of drug-likeness (QED) is 0.719. The van der Waals surface area contributed by atoms with Crippen LogP contribution in [0.1, 0.15) is 47.3 Å². The molecule has 0 saturated carbocycles. The van der Waals surface area contributed by atoms with Crippen LogP contribution in [-0.4, -0.2) is 5.78 Å². The Morgan fingerprint density at radius 1 is 1.00 bits per heavy atom. The molecule has 0 fully saturated rings. The van der Waals surface area contributed by atoms with Gasteiger partial charge in [0, 0.05) is 11.1 Å². The summed E-state index contributed by atoms with van der Waals surface area (Å²) in [4.78, 5) is 12.6. The van der Waals surface area contributed by atoms with Crippen LogP contribution in [0.5, 0.6) is 0 Å². The Hall–Kier alpha value is -1.89. The molecule has 2 rings (SSSR count). The molecule has 0 aromatic heterocycles. The van der Waals surface area contributed by atoms with Gasteiger partial charge in [-0.3, -0.25) is 4.79 Å². The predicted molar refractivity (Wildman–Crippen MR) is 79.7 cm³/mol. The minimum Gasteiger partial charge on any atom is -0.289 e. The van der Waals surface area contributed by atoms with Crippen LogP contribution in [0.25, 0.3) is 0 Å². The number of hydrogen-bond acceptors (Lipinski definition) is 1. The molecule has 0 saturated heterocycles. The van der Waals surface area contributed by atoms with Crippen molar-refractivity contribution in [2.75, 3.05) is 0 Å². The van der Waals surface area contributed by atoms with Gasteiger partial charge in [-0.25, -0.2) is 0 Å². The molecule has 0 aliphatic carbocycles. The first-order valence-corrected chi connectivity index (χ1v) is 6.97. The highest BCUT2D eigenvalue weighted by atomic mass is 16.1. The second-order valence-electron chi connectivity index (χ2n) is 4.79. The average molecular weight is 252 g/mol. The van der Waals surface area contributed by atoms with Gasteiger partial charge in [0.25, 0.3) is 0 Å². The molecule has 0 unspecified atom stereocenters. The van der Waals surface area contributed by atoms with Crippen LogP contribution in [0.2, 0.25) is 0 Å². The van der Waals surface area contributed by atoms with E-state index < -0.39 is 0 Å². The molecule has 0 N–H and O–H groups in total. The Morgan fingerprint density at radius 3 is 2.53 bits per heavy atom. The molecule has 1 nitrogen and oxygen atoms in total. The normalized spacial score (nSPS) is 10.4. The highest BCUT2D eigenvalue weighted by Crippen LogP contribution is 2.16. The maximum Gasteiger partial charge on any atom is 0.193 e. The molecule has 2 aromatic carbocycles. The van der Waals surface area contributed by atoms with E-state index in [0.29, 0.717) is 0 Å². The third kappa shape index (κ3) is 3.11. The monoisotopic (exact) mass is 252 g/mol. The maximum absolute atomic E-state index is 12.6. The SMILES string of the molecule is CCCc1cccc(C(=O)c2ccccc2CC)c1. The summed E-state index contributed by atoms with van der Waals surface area (Å²) in [7, 11) is 0. The number of hydrogen-bond donors (Lipinski definition) is 0. The summed E-state index contributed by atoms with van der Waals surface area (Å²) < 4.78 is 0. The van der Waals surface area contributed by atoms with Crippen molar-refractivity contribution < 1.29 is 4.79 Å². The largest absolute Gasteiger partial charge is 0.289 e. The van der Waals surface area contributed by atoms with Crippen molar-refractivity contribution in [1.82, 2.24) is 0 Å². The van der Waals surface area contributed by atoms with Crippen molar-refractivity contribution in [3.8, 4) is 0 Å². The van der Waals surface area contributed by atoms with Crippen molar-refractivity contribution in [1.29, 1.82) is 0 Å². The van der Waals surface area contributed by atoms with Gasteiger partial charge in [-0.1, -0.05) is 62.7 Å². The Kier molecular flexibility index (Phi) is 4.51. The molecule has 2 aromatic rings. The molecule has 98 valence electrons. The van der Waals surface area contributed by atoms with Gasteiger partial charge < -0.3 is 0 Å². The molecule has 0 spiro atoms. The Balaban J connectivity index is 2.35. The summed E-state index contributed by atoms with van der Waals surface area (Å²) in [6.45, 7) is 4.24. The maximum atomic E-state index is 12.6. The van der Waals surface area contributed by atoms with E-state index in [0.717, 1.165) is 36.0 Å². The lowest BCUT2D eigenvalue weighted by molar-refractivity contribution is 0.103. The van der Waals surface area contributed by atoms with Crippen molar-refractivity contribution in [2.45, 2.75) is 33.1 Å². The zero-order chi connectivity index (χ0) is 13.7. The molecular weight excluding hydrogens is 232 g/mol. The minimum absolute atomic E-state index is 0.135. The third-order valence-corrected chi connectivity index (χ3v) is 3.37. The molecule has 0 aliphatic heterocycles. The van der Waals surface area contributed by atoms with Gasteiger partial charge >= 0.3 is 0 Å². The molecule has 0 radical (unpaired) electrons. The minimum atomic E-state index is 0.135. The summed E-state index contributed by atoms with van der Waals surface area (Å²) in [6, 6.07) is 15.9. The van der Waals surface area contributed by atoms with Gasteiger partial charge in [0.2, 0.25) is 0 Å². The van der Waals surface area contributed by atoms with Crippen LogP contribution in [0.4, 0.5) is 0 Å². The summed E-state index contributed by atoms with van der Waals surface area (Å²) in [6.07, 6.45) is 3.01. The molecule has 0 atom stereocenters. The fourth-order valence-electron chi connectivity index (χ4n) is 2.36. The second kappa shape index (κ2) is 6.33. The van der Waals surface area contributed by atoms with Gasteiger partial charge in [0.15, 0.2) is 5.78 Å². The number of benzene rings is 2. The molecule has 0 aliphatic rings. The van der Waals surface area contributed by atoms with Crippen molar-refractivity contribution >= 4 is 5.78 Å². The fourth-order valence-corrected chi connectivity index (χ4v) is 2.36. The first-order valence-electron chi connectivity index (χ1n) is 6.97. The van der Waals surface area contributed by atoms with E-state index in [1.807, 2.05) is 42.5 Å². The van der Waals surface area contributed by atoms with Gasteiger partial charge in [-0.05, 0) is 30.0 Å². The Labute approximate surface area is 115 Å². The third-order valence-electron chi connectivity index (χ3n) is 3.37. The van der Waals surface area contributed by atoms with Crippen LogP contribution in [-0.2, 0) is 12.8 Å². The van der Waals surface area contributed by atoms with Crippen molar-refractivity contribution in [3.63, 3.8) is 0 Å². The van der Waals surface area contributed by atoms with E-state index in [1.54, 1.807) is 0 Å². The number of carbonyl (C=O) groups excluding carboxylic acids is 1. The van der Waals surface area contributed by atoms with Gasteiger partial charge in [-0.15, -0.1) is 0 Å². The summed E-state index contributed by atoms with van der Waals surface area (Å²) in [5.41, 5.74) is 3.99. The van der Waals surface area contributed by atoms with Crippen molar-refractivity contribution in [2.24, 2.45) is 0 Å². The summed E-state index contributed by atoms with van der Waals surface area (Å²) in [5.74, 6) is 0.135. The molecule has 0 heterocycles. The van der Waals surface area contributed by atoms with Gasteiger partial charge in [0.1, 0.15) is 0 Å². The first kappa shape index (κ1) is 13.5. The van der Waals surface area contributed by atoms with E-state index in [-0.39, 0.29) is 5.78 Å². The number of aryl methyl sites for hydroxylation is 2. The second-order valence-corrected chi connectivity index (χ2v) is 4.79. The zero-order valence-corrected chi connectivity index (χ0v) is 11.6. The van der Waals surface area contributed by atoms with Crippen LogP contribution >= 0.6 is 0 Å². The predicted octanol–water partition coefficient (Wildman–Crippen LogP) is 4.43. The fraction of sp³-hybridized carbons (Fsp3) is 0.278. The smallest absolute Gasteiger partial charge is 0.193 e. The number of rotatable bonds is 5. The Bertz CT molecular complexity index is 569. The Morgan fingerprint density at radius 2 is 1.79 bits per heavy atom. The topological polar surface area (TPSA) is 17.1 Å². The average Bonchev–Trinajstić information content (AvgIpc) is 2.47. The number of ketones is 1. The van der Waals surface area contributed by atoms with E-state index in [2.05, 4.69) is 19.9 Å². The lowest BCUT2D eigenvalue weighted by Crippen LogP contribution is -2.05. The summed E-state index contributed by atoms with van der Waals surface area (Å²) in [5, 5.41) is 0. The summed E-state index contributed by atoms with van der Waals surface area (Å²) >= 11 is 0. The highest BCUT2D eigenvalue weighted by molar-refractivity contribution is 6.10. The molecular formula is C18H20O. The molecule has 0 amide bonds. The van der Waals surface area contributed by atoms with E-state index in [9.17, 15) is 4.79 Å². The molecule has 19 heavy (non-hydrogen) atoms. The van der Waals surface area contributed by atoms with Crippen LogP contribution in [0.15, 0.2) is 48.5 Å². The molecule has 0 bridgehead atoms.